The first-order valence-corrected chi connectivity index (χ1v) is 6.92. The van der Waals surface area contributed by atoms with Gasteiger partial charge in [0.05, 0.1) is 6.61 Å². The van der Waals surface area contributed by atoms with Crippen molar-refractivity contribution in [2.75, 3.05) is 6.61 Å². The first-order valence-electron chi connectivity index (χ1n) is 6.13. The zero-order valence-electron chi connectivity index (χ0n) is 10.3. The van der Waals surface area contributed by atoms with Crippen LogP contribution in [0.3, 0.4) is 0 Å². The third kappa shape index (κ3) is 5.02. The lowest BCUT2D eigenvalue weighted by Gasteiger charge is -2.09. The van der Waals surface area contributed by atoms with E-state index < -0.39 is 0 Å². The molecule has 1 aromatic rings. The van der Waals surface area contributed by atoms with Crippen LogP contribution in [0.5, 0.6) is 5.75 Å². The highest BCUT2D eigenvalue weighted by Gasteiger charge is 1.99. The smallest absolute Gasteiger partial charge is 0.123 e. The minimum absolute atomic E-state index is 0.834. The highest BCUT2D eigenvalue weighted by Crippen LogP contribution is 2.23. The molecule has 0 aliphatic heterocycles. The number of ether oxygens (including phenoxy) is 1. The Hall–Kier alpha value is -0.500. The molecule has 0 N–H and O–H groups in total. The number of halogens is 1. The average Bonchev–Trinajstić information content (AvgIpc) is 2.28. The summed E-state index contributed by atoms with van der Waals surface area (Å²) in [5.74, 6) is 1.00. The van der Waals surface area contributed by atoms with Gasteiger partial charge in [0.15, 0.2) is 0 Å². The van der Waals surface area contributed by atoms with E-state index in [-0.39, 0.29) is 0 Å². The summed E-state index contributed by atoms with van der Waals surface area (Å²) in [7, 11) is 0. The topological polar surface area (TPSA) is 9.23 Å². The number of rotatable bonds is 7. The van der Waals surface area contributed by atoms with Gasteiger partial charge in [-0.2, -0.15) is 0 Å². The summed E-state index contributed by atoms with van der Waals surface area (Å²) in [6.07, 6.45) is 6.41. The molecular formula is C14H21BrO. The molecule has 0 bridgehead atoms. The molecule has 0 aliphatic rings. The van der Waals surface area contributed by atoms with E-state index in [1.807, 2.05) is 12.1 Å². The number of hydrogen-bond donors (Lipinski definition) is 0. The number of unbranched alkanes of at least 4 members (excludes halogenated alkanes) is 4. The molecule has 0 aromatic heterocycles. The lowest BCUT2D eigenvalue weighted by atomic mass is 10.2. The predicted octanol–water partition coefficient (Wildman–Crippen LogP) is 5.11. The summed E-state index contributed by atoms with van der Waals surface area (Å²) < 4.78 is 6.85. The maximum atomic E-state index is 5.77. The van der Waals surface area contributed by atoms with Crippen LogP contribution in [0.1, 0.15) is 44.6 Å². The van der Waals surface area contributed by atoms with Crippen LogP contribution in [0, 0.1) is 6.92 Å². The first-order chi connectivity index (χ1) is 7.74. The molecule has 90 valence electrons. The number of aryl methyl sites for hydroxylation is 1. The van der Waals surface area contributed by atoms with Crippen molar-refractivity contribution >= 4 is 15.9 Å². The second-order valence-electron chi connectivity index (χ2n) is 4.17. The van der Waals surface area contributed by atoms with Crippen molar-refractivity contribution in [2.24, 2.45) is 0 Å². The van der Waals surface area contributed by atoms with Crippen molar-refractivity contribution in [3.63, 3.8) is 0 Å². The van der Waals surface area contributed by atoms with Gasteiger partial charge in [-0.25, -0.2) is 0 Å². The lowest BCUT2D eigenvalue weighted by Crippen LogP contribution is -1.98. The Balaban J connectivity index is 2.23. The molecule has 1 rings (SSSR count). The van der Waals surface area contributed by atoms with Crippen molar-refractivity contribution in [2.45, 2.75) is 46.0 Å². The number of benzene rings is 1. The third-order valence-corrected chi connectivity index (χ3v) is 3.15. The minimum Gasteiger partial charge on any atom is -0.493 e. The fourth-order valence-corrected chi connectivity index (χ4v) is 1.96. The fraction of sp³-hybridized carbons (Fsp3) is 0.571. The van der Waals surface area contributed by atoms with E-state index in [2.05, 4.69) is 35.8 Å². The molecule has 1 aromatic carbocycles. The van der Waals surface area contributed by atoms with Crippen molar-refractivity contribution in [3.05, 3.63) is 28.2 Å². The normalized spacial score (nSPS) is 10.4. The van der Waals surface area contributed by atoms with Crippen LogP contribution in [0.25, 0.3) is 0 Å². The molecule has 0 spiro atoms. The van der Waals surface area contributed by atoms with E-state index in [1.54, 1.807) is 0 Å². The van der Waals surface area contributed by atoms with Crippen LogP contribution in [0.2, 0.25) is 0 Å². The summed E-state index contributed by atoms with van der Waals surface area (Å²) in [4.78, 5) is 0. The molecule has 16 heavy (non-hydrogen) atoms. The van der Waals surface area contributed by atoms with Crippen LogP contribution in [0.4, 0.5) is 0 Å². The zero-order chi connectivity index (χ0) is 11.8. The van der Waals surface area contributed by atoms with E-state index in [4.69, 9.17) is 4.74 Å². The molecule has 0 heterocycles. The fourth-order valence-electron chi connectivity index (χ4n) is 1.62. The van der Waals surface area contributed by atoms with E-state index in [9.17, 15) is 0 Å². The van der Waals surface area contributed by atoms with Crippen LogP contribution < -0.4 is 4.74 Å². The lowest BCUT2D eigenvalue weighted by molar-refractivity contribution is 0.302. The second-order valence-corrected chi connectivity index (χ2v) is 5.09. The van der Waals surface area contributed by atoms with Gasteiger partial charge < -0.3 is 4.74 Å². The van der Waals surface area contributed by atoms with Crippen molar-refractivity contribution < 1.29 is 4.74 Å². The van der Waals surface area contributed by atoms with Crippen molar-refractivity contribution in [1.29, 1.82) is 0 Å². The van der Waals surface area contributed by atoms with E-state index >= 15 is 0 Å². The summed E-state index contributed by atoms with van der Waals surface area (Å²) in [5, 5.41) is 0. The van der Waals surface area contributed by atoms with Gasteiger partial charge in [0.25, 0.3) is 0 Å². The largest absolute Gasteiger partial charge is 0.493 e. The van der Waals surface area contributed by atoms with Gasteiger partial charge in [-0.3, -0.25) is 0 Å². The molecule has 0 unspecified atom stereocenters. The SMILES string of the molecule is CCCCCCCOc1cc(Br)ccc1C. The molecule has 0 saturated heterocycles. The van der Waals surface area contributed by atoms with Gasteiger partial charge in [0.2, 0.25) is 0 Å². The summed E-state index contributed by atoms with van der Waals surface area (Å²) in [6.45, 7) is 5.15. The Labute approximate surface area is 107 Å². The van der Waals surface area contributed by atoms with E-state index in [0.717, 1.165) is 23.2 Å². The predicted molar refractivity (Wildman–Crippen MR) is 73.1 cm³/mol. The summed E-state index contributed by atoms with van der Waals surface area (Å²) >= 11 is 3.46. The van der Waals surface area contributed by atoms with Gasteiger partial charge in [0, 0.05) is 4.47 Å². The summed E-state index contributed by atoms with van der Waals surface area (Å²) in [6, 6.07) is 6.17. The maximum absolute atomic E-state index is 5.77. The molecule has 0 fully saturated rings. The molecule has 1 nitrogen and oxygen atoms in total. The average molecular weight is 285 g/mol. The molecular weight excluding hydrogens is 264 g/mol. The third-order valence-electron chi connectivity index (χ3n) is 2.66. The van der Waals surface area contributed by atoms with Crippen molar-refractivity contribution in [3.8, 4) is 5.75 Å². The second kappa shape index (κ2) is 7.72. The van der Waals surface area contributed by atoms with Crippen LogP contribution in [-0.4, -0.2) is 6.61 Å². The van der Waals surface area contributed by atoms with Gasteiger partial charge in [-0.05, 0) is 31.0 Å². The highest BCUT2D eigenvalue weighted by atomic mass is 79.9. The van der Waals surface area contributed by atoms with Crippen molar-refractivity contribution in [1.82, 2.24) is 0 Å². The first kappa shape index (κ1) is 13.6. The Bertz CT molecular complexity index is 310. The molecule has 0 amide bonds. The Kier molecular flexibility index (Phi) is 6.55. The van der Waals surface area contributed by atoms with Crippen LogP contribution >= 0.6 is 15.9 Å². The zero-order valence-corrected chi connectivity index (χ0v) is 11.8. The molecule has 0 aliphatic carbocycles. The Morgan fingerprint density at radius 2 is 1.88 bits per heavy atom. The highest BCUT2D eigenvalue weighted by molar-refractivity contribution is 9.10. The minimum atomic E-state index is 0.834. The van der Waals surface area contributed by atoms with Crippen LogP contribution in [0.15, 0.2) is 22.7 Å². The quantitative estimate of drug-likeness (QED) is 0.633. The monoisotopic (exact) mass is 284 g/mol. The van der Waals surface area contributed by atoms with Gasteiger partial charge in [-0.1, -0.05) is 54.6 Å². The van der Waals surface area contributed by atoms with Gasteiger partial charge in [0.1, 0.15) is 5.75 Å². The molecule has 2 heteroatoms. The number of hydrogen-bond acceptors (Lipinski definition) is 1. The molecule has 0 saturated carbocycles. The standard InChI is InChI=1S/C14H21BrO/c1-3-4-5-6-7-10-16-14-11-13(15)9-8-12(14)2/h8-9,11H,3-7,10H2,1-2H3. The Morgan fingerprint density at radius 3 is 2.62 bits per heavy atom. The van der Waals surface area contributed by atoms with E-state index in [0.29, 0.717) is 0 Å². The maximum Gasteiger partial charge on any atom is 0.123 e. The van der Waals surface area contributed by atoms with Gasteiger partial charge >= 0.3 is 0 Å². The van der Waals surface area contributed by atoms with Gasteiger partial charge in [-0.15, -0.1) is 0 Å². The van der Waals surface area contributed by atoms with E-state index in [1.165, 1.54) is 31.2 Å². The van der Waals surface area contributed by atoms with Crippen LogP contribution in [-0.2, 0) is 0 Å². The Morgan fingerprint density at radius 1 is 1.12 bits per heavy atom. The summed E-state index contributed by atoms with van der Waals surface area (Å²) in [5.41, 5.74) is 1.21. The molecule has 0 radical (unpaired) electrons. The molecule has 0 atom stereocenters.